The molecule has 19 aromatic carbocycles. The summed E-state index contributed by atoms with van der Waals surface area (Å²) in [6, 6.07) is 159. The lowest BCUT2D eigenvalue weighted by Gasteiger charge is -2.35. The van der Waals surface area contributed by atoms with E-state index in [0.29, 0.717) is 23.8 Å². The standard InChI is InChI=1S/C48H34N2.C42H30N2.C38H30N2/c1-4-16-40(17-5-1)49-41-30-36-14-10-12-22-45(36)47(32-41)38-26-24-35-29-39(27-25-34(35)28-38)48-33-44(31-37-15-11-13-23-46(37)48)50(42-18-6-2-7-19-42)43-20-8-3-9-21-43;1-2-11-27-24-28(21-20-26(27)10-1)44-40-19-8-6-13-32(40)37-25-36(30-12-3-4-14-34(30)42(37)44)29-16-9-17-33-31(29)22-23-39-41(33)35-15-5-7-18-38(35)43-39;1-3-12-26(13-4-1)34(24-27-25-40(28-14-5-2-6-15-28)37-21-10-8-16-29(27)37)30-18-11-19-32-31(30)22-23-36-38(32)33-17-7-9-20-35(33)39-36/h1-33,49H;1-15,17-24,29,36,43H,16,25H2;1-17,19-25,30,36,38-39H,18H2/b;;34-24+. The lowest BCUT2D eigenvalue weighted by atomic mass is 9.69. The highest BCUT2D eigenvalue weighted by Gasteiger charge is 2.40. The number of para-hydroxylation sites is 8. The number of hydrogen-bond donors (Lipinski definition) is 3. The summed E-state index contributed by atoms with van der Waals surface area (Å²) in [4.78, 5) is 6.01. The Hall–Kier alpha value is -16.8. The number of nitrogens with zero attached hydrogens (tertiary/aromatic N) is 3. The molecule has 0 radical (unpaired) electrons. The normalized spacial score (nSPS) is 16.2. The largest absolute Gasteiger partial charge is 0.378 e. The minimum absolute atomic E-state index is 0.284. The molecule has 636 valence electrons. The van der Waals surface area contributed by atoms with Crippen LogP contribution in [0.3, 0.4) is 0 Å². The molecule has 5 atom stereocenters. The Morgan fingerprint density at radius 2 is 0.948 bits per heavy atom. The highest BCUT2D eigenvalue weighted by molar-refractivity contribution is 6.12. The first kappa shape index (κ1) is 79.4. The first-order valence-corrected chi connectivity index (χ1v) is 47.1. The summed E-state index contributed by atoms with van der Waals surface area (Å²) in [6.07, 6.45) is 22.2. The van der Waals surface area contributed by atoms with Crippen molar-refractivity contribution in [3.63, 3.8) is 0 Å². The zero-order valence-corrected chi connectivity index (χ0v) is 74.0. The number of H-pyrrole nitrogens is 1. The van der Waals surface area contributed by atoms with Gasteiger partial charge in [0.05, 0.1) is 22.8 Å². The number of benzene rings is 19. The summed E-state index contributed by atoms with van der Waals surface area (Å²) in [5.41, 5.74) is 35.7. The maximum atomic E-state index is 3.75. The highest BCUT2D eigenvalue weighted by atomic mass is 15.1. The summed E-state index contributed by atoms with van der Waals surface area (Å²) in [7, 11) is 0. The van der Waals surface area contributed by atoms with Gasteiger partial charge in [-0.1, -0.05) is 346 Å². The third-order valence-electron chi connectivity index (χ3n) is 28.6. The van der Waals surface area contributed by atoms with E-state index in [1.807, 2.05) is 6.07 Å². The zero-order valence-electron chi connectivity index (χ0n) is 74.0. The van der Waals surface area contributed by atoms with Gasteiger partial charge in [0.2, 0.25) is 0 Å². The number of fused-ring (bicyclic) bond motifs is 19. The molecule has 5 unspecified atom stereocenters. The van der Waals surface area contributed by atoms with Crippen LogP contribution in [-0.2, 0) is 6.42 Å². The van der Waals surface area contributed by atoms with Crippen LogP contribution in [-0.4, -0.2) is 20.2 Å². The second-order valence-corrected chi connectivity index (χ2v) is 36.2. The van der Waals surface area contributed by atoms with E-state index in [2.05, 4.69) is 509 Å². The molecule has 6 heteroatoms. The molecule has 0 bridgehead atoms. The Morgan fingerprint density at radius 1 is 0.366 bits per heavy atom. The first-order chi connectivity index (χ1) is 66.4. The summed E-state index contributed by atoms with van der Waals surface area (Å²) >= 11 is 0. The van der Waals surface area contributed by atoms with Crippen molar-refractivity contribution >= 4 is 139 Å². The van der Waals surface area contributed by atoms with Crippen LogP contribution < -0.4 is 15.5 Å². The van der Waals surface area contributed by atoms with Crippen LogP contribution in [0.2, 0.25) is 0 Å². The van der Waals surface area contributed by atoms with Crippen molar-refractivity contribution in [1.82, 2.24) is 14.1 Å². The molecule has 3 aromatic heterocycles. The smallest absolute Gasteiger partial charge is 0.0576 e. The van der Waals surface area contributed by atoms with Crippen LogP contribution in [0.5, 0.6) is 0 Å². The number of aromatic nitrogens is 3. The molecule has 5 aliphatic rings. The zero-order chi connectivity index (χ0) is 88.5. The maximum Gasteiger partial charge on any atom is 0.0576 e. The summed E-state index contributed by atoms with van der Waals surface area (Å²) in [5.74, 6) is 1.43. The molecule has 4 aliphatic carbocycles. The van der Waals surface area contributed by atoms with Crippen molar-refractivity contribution in [2.45, 2.75) is 43.1 Å². The van der Waals surface area contributed by atoms with Crippen LogP contribution in [0.25, 0.3) is 149 Å². The topological polar surface area (TPSA) is 53.0 Å². The Kier molecular flexibility index (Phi) is 20.1. The number of allylic oxidation sites excluding steroid dienone is 6. The molecule has 0 saturated carbocycles. The van der Waals surface area contributed by atoms with Gasteiger partial charge in [-0.15, -0.1) is 0 Å². The molecule has 0 spiro atoms. The molecule has 3 N–H and O–H groups in total. The summed E-state index contributed by atoms with van der Waals surface area (Å²) in [6.45, 7) is 0. The monoisotopic (exact) mass is 1710 g/mol. The second kappa shape index (κ2) is 33.9. The Morgan fingerprint density at radius 3 is 1.69 bits per heavy atom. The van der Waals surface area contributed by atoms with Crippen LogP contribution in [0.15, 0.2) is 485 Å². The summed E-state index contributed by atoms with van der Waals surface area (Å²) in [5, 5.41) is 22.6. The van der Waals surface area contributed by atoms with Crippen molar-refractivity contribution in [1.29, 1.82) is 0 Å². The van der Waals surface area contributed by atoms with Crippen molar-refractivity contribution in [2.75, 3.05) is 15.5 Å². The van der Waals surface area contributed by atoms with Gasteiger partial charge < -0.3 is 29.7 Å². The van der Waals surface area contributed by atoms with Crippen molar-refractivity contribution in [2.24, 2.45) is 5.92 Å². The van der Waals surface area contributed by atoms with Crippen LogP contribution in [0.1, 0.15) is 69.5 Å². The van der Waals surface area contributed by atoms with Gasteiger partial charge in [-0.05, 0) is 280 Å². The van der Waals surface area contributed by atoms with Crippen LogP contribution >= 0.6 is 0 Å². The fraction of sp³-hybridized carbons (Fsp3) is 0.0625. The minimum atomic E-state index is 0.284. The SMILES string of the molecule is C1=CC2=C(C=CC3Nc4ccccc4C23)C(/C(=C/c2cn(-c3ccccc3)c3ccccc23)c2ccccc2)C1.C1=Cc2c(ccc3[nH]c4ccccc4c23)C(C2Cc3c(n(-c4ccc5ccccc5c4)c4ccccc34)-c3ccccc32)C1.c1ccc(Nc2cc(-c3ccc4cc(-c5cc(N(c6ccccc6)c6ccccc6)cc6ccccc56)ccc4c3)c3ccccc3c2)cc1. The lowest BCUT2D eigenvalue weighted by molar-refractivity contribution is 0.533. The van der Waals surface area contributed by atoms with Gasteiger partial charge in [-0.25, -0.2) is 0 Å². The highest BCUT2D eigenvalue weighted by Crippen LogP contribution is 2.55. The molecule has 0 saturated heterocycles. The molecule has 6 nitrogen and oxygen atoms in total. The number of rotatable bonds is 13. The molecule has 22 aromatic rings. The van der Waals surface area contributed by atoms with E-state index in [4.69, 9.17) is 0 Å². The molecule has 0 amide bonds. The van der Waals surface area contributed by atoms with E-state index in [1.54, 1.807) is 0 Å². The first-order valence-electron chi connectivity index (χ1n) is 47.1. The van der Waals surface area contributed by atoms with E-state index in [1.165, 1.54) is 193 Å². The third-order valence-corrected chi connectivity index (χ3v) is 28.6. The van der Waals surface area contributed by atoms with Gasteiger partial charge in [0.1, 0.15) is 0 Å². The van der Waals surface area contributed by atoms with Gasteiger partial charge in [0.15, 0.2) is 0 Å². The predicted octanol–water partition coefficient (Wildman–Crippen LogP) is 33.8. The molecule has 4 heterocycles. The average Bonchev–Trinajstić information content (AvgIpc) is 1.55. The van der Waals surface area contributed by atoms with Crippen molar-refractivity contribution < 1.29 is 0 Å². The average molecular weight is 1720 g/mol. The molecular formula is C128H94N6. The van der Waals surface area contributed by atoms with Crippen molar-refractivity contribution in [3.05, 3.63) is 523 Å². The molecule has 0 fully saturated rings. The molecule has 1 aliphatic heterocycles. The fourth-order valence-electron chi connectivity index (χ4n) is 22.5. The molecular weight excluding hydrogens is 1620 g/mol. The third kappa shape index (κ3) is 14.3. The number of hydrogen-bond acceptors (Lipinski definition) is 3. The summed E-state index contributed by atoms with van der Waals surface area (Å²) < 4.78 is 4.85. The van der Waals surface area contributed by atoms with Gasteiger partial charge in [-0.3, -0.25) is 0 Å². The van der Waals surface area contributed by atoms with E-state index in [0.717, 1.165) is 47.7 Å². The van der Waals surface area contributed by atoms with E-state index in [-0.39, 0.29) is 5.92 Å². The van der Waals surface area contributed by atoms with Crippen LogP contribution in [0.4, 0.5) is 34.1 Å². The van der Waals surface area contributed by atoms with Crippen LogP contribution in [0, 0.1) is 5.92 Å². The Balaban J connectivity index is 0.000000108. The Bertz CT molecular complexity index is 8460. The molecule has 27 rings (SSSR count). The van der Waals surface area contributed by atoms with Gasteiger partial charge in [0.25, 0.3) is 0 Å². The number of anilines is 6. The quantitative estimate of drug-likeness (QED) is 0.108. The van der Waals surface area contributed by atoms with Gasteiger partial charge in [0, 0.05) is 107 Å². The van der Waals surface area contributed by atoms with Crippen molar-refractivity contribution in [3.8, 4) is 44.9 Å². The number of nitrogens with one attached hydrogen (secondary N) is 3. The fourth-order valence-corrected chi connectivity index (χ4v) is 22.5. The van der Waals surface area contributed by atoms with E-state index < -0.39 is 0 Å². The maximum absolute atomic E-state index is 3.75. The predicted molar refractivity (Wildman–Crippen MR) is 567 cm³/mol. The Labute approximate surface area is 780 Å². The van der Waals surface area contributed by atoms with Gasteiger partial charge >= 0.3 is 0 Å². The van der Waals surface area contributed by atoms with Gasteiger partial charge in [-0.2, -0.15) is 0 Å². The molecule has 134 heavy (non-hydrogen) atoms. The van der Waals surface area contributed by atoms with E-state index >= 15 is 0 Å². The van der Waals surface area contributed by atoms with E-state index in [9.17, 15) is 0 Å². The minimum Gasteiger partial charge on any atom is -0.378 e. The lowest BCUT2D eigenvalue weighted by Crippen LogP contribution is -2.25. The second-order valence-electron chi connectivity index (χ2n) is 36.2. The number of aromatic amines is 1.